The molecule has 8 nitrogen and oxygen atoms in total. The van der Waals surface area contributed by atoms with Crippen LogP contribution in [0.4, 0.5) is 11.4 Å². The van der Waals surface area contributed by atoms with E-state index in [2.05, 4.69) is 0 Å². The molecule has 0 spiro atoms. The molecule has 0 bridgehead atoms. The molecule has 0 atom stereocenters. The zero-order valence-electron chi connectivity index (χ0n) is 22.1. The highest BCUT2D eigenvalue weighted by Gasteiger charge is 2.44. The van der Waals surface area contributed by atoms with Crippen molar-refractivity contribution in [1.82, 2.24) is 0 Å². The molecule has 0 aliphatic carbocycles. The van der Waals surface area contributed by atoms with Crippen molar-refractivity contribution in [1.29, 1.82) is 0 Å². The third-order valence-corrected chi connectivity index (χ3v) is 7.77. The lowest BCUT2D eigenvalue weighted by Gasteiger charge is -2.09. The summed E-state index contributed by atoms with van der Waals surface area (Å²) in [5.41, 5.74) is 5.96. The monoisotopic (exact) mass is 530 g/mol. The number of benzene rings is 3. The summed E-state index contributed by atoms with van der Waals surface area (Å²) in [6.07, 6.45) is 3.84. The number of hydrogen-bond acceptors (Lipinski definition) is 6. The Morgan fingerprint density at radius 1 is 0.625 bits per heavy atom. The van der Waals surface area contributed by atoms with Gasteiger partial charge in [-0.1, -0.05) is 36.4 Å². The third kappa shape index (κ3) is 3.07. The van der Waals surface area contributed by atoms with Crippen LogP contribution in [0.3, 0.4) is 0 Å². The Kier molecular flexibility index (Phi) is 4.85. The lowest BCUT2D eigenvalue weighted by molar-refractivity contribution is -0.127. The van der Waals surface area contributed by atoms with E-state index in [1.54, 1.807) is 26.2 Å². The van der Waals surface area contributed by atoms with Crippen molar-refractivity contribution in [2.75, 3.05) is 23.9 Å². The van der Waals surface area contributed by atoms with Crippen LogP contribution in [0.5, 0.6) is 11.5 Å². The van der Waals surface area contributed by atoms with Crippen LogP contribution in [0.2, 0.25) is 0 Å². The molecule has 0 saturated carbocycles. The molecule has 0 fully saturated rings. The lowest BCUT2D eigenvalue weighted by Crippen LogP contribution is -2.21. The Bertz CT molecular complexity index is 1880. The molecular formula is C32H22N2O6. The van der Waals surface area contributed by atoms with Crippen LogP contribution >= 0.6 is 0 Å². The fourth-order valence-corrected chi connectivity index (χ4v) is 5.85. The van der Waals surface area contributed by atoms with Gasteiger partial charge in [-0.2, -0.15) is 0 Å². The van der Waals surface area contributed by atoms with Crippen molar-refractivity contribution in [3.63, 3.8) is 0 Å². The molecule has 40 heavy (non-hydrogen) atoms. The molecular weight excluding hydrogens is 508 g/mol. The van der Waals surface area contributed by atoms with E-state index in [1.165, 1.54) is 9.80 Å². The normalized spacial score (nSPS) is 20.8. The summed E-state index contributed by atoms with van der Waals surface area (Å²) in [4.78, 5) is 56.1. The summed E-state index contributed by atoms with van der Waals surface area (Å²) >= 11 is 0. The number of carbonyl (C=O) groups excluding carboxylic acids is 4. The molecule has 0 radical (unpaired) electrons. The van der Waals surface area contributed by atoms with Gasteiger partial charge in [0.15, 0.2) is 0 Å². The molecule has 0 saturated heterocycles. The van der Waals surface area contributed by atoms with Crippen LogP contribution in [-0.4, -0.2) is 37.8 Å². The molecule has 0 aromatic heterocycles. The Hall–Kier alpha value is -5.24. The molecule has 7 rings (SSSR count). The van der Waals surface area contributed by atoms with Gasteiger partial charge in [-0.15, -0.1) is 0 Å². The van der Waals surface area contributed by atoms with E-state index in [9.17, 15) is 19.2 Å². The van der Waals surface area contributed by atoms with Crippen molar-refractivity contribution in [2.24, 2.45) is 0 Å². The zero-order chi connectivity index (χ0) is 28.0. The van der Waals surface area contributed by atoms with E-state index in [1.807, 2.05) is 62.4 Å². The summed E-state index contributed by atoms with van der Waals surface area (Å²) in [7, 11) is 3.32. The first-order valence-corrected chi connectivity index (χ1v) is 12.8. The SMILES string of the molecule is C/C=C/c1ccc2c(c1)N(C)C(=O)/C2=C1/C(=O)Oc2cc3c(cc21)OC(=O)/C3=C1/C(=O)N(C)c2cc(C)ccc21. The first-order chi connectivity index (χ1) is 19.2. The molecule has 2 amide bonds. The van der Waals surface area contributed by atoms with E-state index in [0.29, 0.717) is 33.6 Å². The summed E-state index contributed by atoms with van der Waals surface area (Å²) in [6.45, 7) is 3.84. The predicted molar refractivity (Wildman–Crippen MR) is 150 cm³/mol. The highest BCUT2D eigenvalue weighted by atomic mass is 16.5. The smallest absolute Gasteiger partial charge is 0.345 e. The van der Waals surface area contributed by atoms with E-state index in [-0.39, 0.29) is 45.6 Å². The van der Waals surface area contributed by atoms with Crippen molar-refractivity contribution >= 4 is 63.5 Å². The maximum Gasteiger partial charge on any atom is 0.345 e. The maximum absolute atomic E-state index is 13.4. The minimum Gasteiger partial charge on any atom is -0.422 e. The molecule has 0 unspecified atom stereocenters. The first kappa shape index (κ1) is 23.8. The Morgan fingerprint density at radius 2 is 1.12 bits per heavy atom. The van der Waals surface area contributed by atoms with Gasteiger partial charge in [-0.3, -0.25) is 9.59 Å². The fraction of sp³-hybridized carbons (Fsp3) is 0.125. The van der Waals surface area contributed by atoms with Crippen LogP contribution in [0.15, 0.2) is 54.6 Å². The van der Waals surface area contributed by atoms with Gasteiger partial charge in [-0.05, 0) is 49.2 Å². The van der Waals surface area contributed by atoms with Gasteiger partial charge in [0.1, 0.15) is 11.5 Å². The van der Waals surface area contributed by atoms with E-state index >= 15 is 0 Å². The number of hydrogen-bond donors (Lipinski definition) is 0. The molecule has 4 aliphatic rings. The number of fused-ring (bicyclic) bond motifs is 4. The number of likely N-dealkylation sites (N-methyl/N-ethyl adjacent to an activating group) is 2. The Labute approximate surface area is 229 Å². The van der Waals surface area contributed by atoms with Gasteiger partial charge in [0.25, 0.3) is 11.8 Å². The van der Waals surface area contributed by atoms with E-state index in [4.69, 9.17) is 9.47 Å². The van der Waals surface area contributed by atoms with Gasteiger partial charge in [0, 0.05) is 36.3 Å². The average molecular weight is 531 g/mol. The summed E-state index contributed by atoms with van der Waals surface area (Å²) in [5.74, 6) is -1.60. The number of esters is 2. The van der Waals surface area contributed by atoms with Crippen LogP contribution in [0, 0.1) is 6.92 Å². The summed E-state index contributed by atoms with van der Waals surface area (Å²) in [5, 5.41) is 0. The van der Waals surface area contributed by atoms with Gasteiger partial charge in [0.05, 0.1) is 33.7 Å². The number of allylic oxidation sites excluding steroid dienone is 1. The van der Waals surface area contributed by atoms with E-state index in [0.717, 1.165) is 11.1 Å². The minimum atomic E-state index is -0.668. The highest BCUT2D eigenvalue weighted by molar-refractivity contribution is 6.48. The van der Waals surface area contributed by atoms with E-state index < -0.39 is 11.9 Å². The second-order valence-electron chi connectivity index (χ2n) is 10.1. The number of carbonyl (C=O) groups is 4. The van der Waals surface area contributed by atoms with Gasteiger partial charge in [-0.25, -0.2) is 9.59 Å². The second-order valence-corrected chi connectivity index (χ2v) is 10.1. The van der Waals surface area contributed by atoms with Gasteiger partial charge in [0.2, 0.25) is 0 Å². The Balaban J connectivity index is 1.42. The molecule has 4 aliphatic heterocycles. The average Bonchev–Trinajstić information content (AvgIpc) is 3.57. The maximum atomic E-state index is 13.4. The van der Waals surface area contributed by atoms with Crippen LogP contribution < -0.4 is 19.3 Å². The first-order valence-electron chi connectivity index (χ1n) is 12.8. The van der Waals surface area contributed by atoms with Crippen LogP contribution in [0.1, 0.15) is 40.3 Å². The van der Waals surface area contributed by atoms with Crippen LogP contribution in [0.25, 0.3) is 28.4 Å². The molecule has 3 aromatic rings. The predicted octanol–water partition coefficient (Wildman–Crippen LogP) is 4.64. The lowest BCUT2D eigenvalue weighted by atomic mass is 9.92. The minimum absolute atomic E-state index is 0.113. The molecule has 0 N–H and O–H groups in total. The molecule has 4 heterocycles. The molecule has 8 heteroatoms. The largest absolute Gasteiger partial charge is 0.422 e. The molecule has 196 valence electrons. The highest BCUT2D eigenvalue weighted by Crippen LogP contribution is 2.51. The number of amides is 2. The fourth-order valence-electron chi connectivity index (χ4n) is 5.85. The summed E-state index contributed by atoms with van der Waals surface area (Å²) in [6, 6.07) is 14.3. The zero-order valence-corrected chi connectivity index (χ0v) is 22.1. The number of nitrogens with zero attached hydrogens (tertiary/aromatic N) is 2. The third-order valence-electron chi connectivity index (χ3n) is 7.77. The van der Waals surface area contributed by atoms with Crippen molar-refractivity contribution in [2.45, 2.75) is 13.8 Å². The molecule has 3 aromatic carbocycles. The quantitative estimate of drug-likeness (QED) is 0.259. The number of anilines is 2. The Morgan fingerprint density at radius 3 is 1.65 bits per heavy atom. The van der Waals surface area contributed by atoms with Crippen molar-refractivity contribution in [3.05, 3.63) is 88.0 Å². The second kappa shape index (κ2) is 8.13. The topological polar surface area (TPSA) is 93.2 Å². The number of rotatable bonds is 1. The standard InChI is InChI=1S/C32H22N2O6/c1-5-6-16-8-10-18-22(12-16)34(4)30(36)26(18)28-20-14-23-19(13-24(20)40-32(28)38)27(31(37)39-23)25-17-9-7-15(2)11-21(17)33(3)29(25)35/h5-14H,1-4H3/b6-5+,27-25+,28-26+. The number of ether oxygens (including phenoxy) is 2. The van der Waals surface area contributed by atoms with Crippen LogP contribution in [-0.2, 0) is 19.2 Å². The van der Waals surface area contributed by atoms with Gasteiger partial charge < -0.3 is 19.3 Å². The summed E-state index contributed by atoms with van der Waals surface area (Å²) < 4.78 is 11.3. The van der Waals surface area contributed by atoms with Gasteiger partial charge >= 0.3 is 11.9 Å². The van der Waals surface area contributed by atoms with Crippen molar-refractivity contribution in [3.8, 4) is 11.5 Å². The van der Waals surface area contributed by atoms with Crippen molar-refractivity contribution < 1.29 is 28.7 Å². The number of aryl methyl sites for hydroxylation is 1.